The van der Waals surface area contributed by atoms with Gasteiger partial charge in [-0.2, -0.15) is 9.97 Å². The zero-order valence-electron chi connectivity index (χ0n) is 23.7. The number of nitrogens with zero attached hydrogens (tertiary/aromatic N) is 6. The number of rotatable bonds is 7. The zero-order valence-corrected chi connectivity index (χ0v) is 24.4. The van der Waals surface area contributed by atoms with E-state index in [9.17, 15) is 13.6 Å². The first-order chi connectivity index (χ1) is 20.4. The number of ether oxygens (including phenoxy) is 1. The van der Waals surface area contributed by atoms with Gasteiger partial charge in [0.25, 0.3) is 6.43 Å². The van der Waals surface area contributed by atoms with Crippen LogP contribution >= 0.6 is 11.6 Å². The lowest BCUT2D eigenvalue weighted by atomic mass is 10.0. The third-order valence-corrected chi connectivity index (χ3v) is 8.86. The lowest BCUT2D eigenvalue weighted by Crippen LogP contribution is -2.49. The van der Waals surface area contributed by atoms with Crippen molar-refractivity contribution in [3.8, 4) is 6.01 Å². The summed E-state index contributed by atoms with van der Waals surface area (Å²) in [5.41, 5.74) is 3.08. The van der Waals surface area contributed by atoms with E-state index in [1.807, 2.05) is 12.1 Å². The largest absolute Gasteiger partial charge is 0.462 e. The van der Waals surface area contributed by atoms with Crippen LogP contribution in [0.2, 0.25) is 5.02 Å². The van der Waals surface area contributed by atoms with Crippen LogP contribution in [0.15, 0.2) is 48.6 Å². The average molecular weight is 597 g/mol. The number of carbonyl (C=O) groups is 1. The molecular weight excluding hydrogens is 562 g/mol. The number of allylic oxidation sites excluding steroid dienone is 1. The van der Waals surface area contributed by atoms with Crippen LogP contribution in [-0.2, 0) is 17.8 Å². The number of piperazine rings is 1. The minimum absolute atomic E-state index is 0.332. The first-order valence-electron chi connectivity index (χ1n) is 14.5. The Morgan fingerprint density at radius 3 is 2.60 bits per heavy atom. The van der Waals surface area contributed by atoms with Gasteiger partial charge < -0.3 is 24.3 Å². The summed E-state index contributed by atoms with van der Waals surface area (Å²) < 4.78 is 31.3. The Bertz CT molecular complexity index is 1470. The summed E-state index contributed by atoms with van der Waals surface area (Å²) in [6.45, 7) is 4.89. The fraction of sp³-hybridized carbons (Fsp3) is 0.452. The molecule has 11 heteroatoms. The van der Waals surface area contributed by atoms with Crippen molar-refractivity contribution in [3.05, 3.63) is 64.8 Å². The molecule has 3 aliphatic heterocycles. The molecule has 0 spiro atoms. The van der Waals surface area contributed by atoms with Gasteiger partial charge in [0.15, 0.2) is 0 Å². The van der Waals surface area contributed by atoms with Crippen LogP contribution in [0.25, 0.3) is 10.8 Å². The molecule has 3 aromatic rings. The normalized spacial score (nSPS) is 19.7. The summed E-state index contributed by atoms with van der Waals surface area (Å²) in [6.07, 6.45) is 1.93. The summed E-state index contributed by atoms with van der Waals surface area (Å²) in [5, 5.41) is 2.84. The molecule has 1 aromatic heterocycles. The Morgan fingerprint density at radius 2 is 1.86 bits per heavy atom. The van der Waals surface area contributed by atoms with E-state index >= 15 is 0 Å². The second-order valence-electron chi connectivity index (χ2n) is 11.1. The Balaban J connectivity index is 1.27. The quantitative estimate of drug-likeness (QED) is 0.364. The number of benzene rings is 2. The van der Waals surface area contributed by atoms with Gasteiger partial charge in [-0.3, -0.25) is 4.79 Å². The van der Waals surface area contributed by atoms with Crippen LogP contribution in [0.1, 0.15) is 24.1 Å². The lowest BCUT2D eigenvalue weighted by molar-refractivity contribution is -0.126. The number of amides is 1. The minimum Gasteiger partial charge on any atom is -0.462 e. The lowest BCUT2D eigenvalue weighted by Gasteiger charge is -2.38. The Kier molecular flexibility index (Phi) is 8.44. The monoisotopic (exact) mass is 596 g/mol. The third kappa shape index (κ3) is 6.01. The molecule has 1 amide bonds. The number of fused-ring (bicyclic) bond motifs is 2. The first kappa shape index (κ1) is 28.6. The molecule has 222 valence electrons. The molecule has 0 radical (unpaired) electrons. The van der Waals surface area contributed by atoms with Crippen molar-refractivity contribution in [3.63, 3.8) is 0 Å². The SMILES string of the molecule is CN1CCC[C@H]1COc1nc2c(c(N3CCN(C(=O)/C=C/C(F)F)CC3)n1)CCN(c1cccc3cccc(Cl)c13)C2. The standard InChI is InChI=1S/C31H35ClF2N6O2/c1-37-13-4-7-22(37)20-42-31-35-25-19-40(26-9-3-6-21-5-2-8-24(32)29(21)26)14-12-23(25)30(36-31)39-17-15-38(16-18-39)28(41)11-10-27(33)34/h2-3,5-6,8-11,22,27H,4,7,12-20H2,1H3/b11-10+/t22-/m0/s1. The summed E-state index contributed by atoms with van der Waals surface area (Å²) in [6, 6.07) is 12.9. The van der Waals surface area contributed by atoms with Crippen molar-refractivity contribution in [1.82, 2.24) is 19.8 Å². The van der Waals surface area contributed by atoms with E-state index in [1.54, 1.807) is 4.90 Å². The molecule has 1 atom stereocenters. The van der Waals surface area contributed by atoms with Gasteiger partial charge in [-0.05, 0) is 56.4 Å². The van der Waals surface area contributed by atoms with Gasteiger partial charge in [0, 0.05) is 61.5 Å². The Hall–Kier alpha value is -3.50. The van der Waals surface area contributed by atoms with Gasteiger partial charge in [0.05, 0.1) is 17.3 Å². The Labute approximate surface area is 249 Å². The second kappa shape index (κ2) is 12.4. The van der Waals surface area contributed by atoms with Gasteiger partial charge in [-0.15, -0.1) is 0 Å². The molecule has 0 saturated carbocycles. The minimum atomic E-state index is -2.64. The van der Waals surface area contributed by atoms with Crippen molar-refractivity contribution >= 4 is 39.8 Å². The van der Waals surface area contributed by atoms with Crippen molar-refractivity contribution < 1.29 is 18.3 Å². The van der Waals surface area contributed by atoms with Crippen LogP contribution in [0.4, 0.5) is 20.3 Å². The molecule has 4 heterocycles. The van der Waals surface area contributed by atoms with Crippen LogP contribution in [0.5, 0.6) is 6.01 Å². The number of hydrogen-bond acceptors (Lipinski definition) is 7. The fourth-order valence-corrected chi connectivity index (χ4v) is 6.50. The highest BCUT2D eigenvalue weighted by atomic mass is 35.5. The van der Waals surface area contributed by atoms with Crippen molar-refractivity contribution in [2.24, 2.45) is 0 Å². The molecule has 42 heavy (non-hydrogen) atoms. The van der Waals surface area contributed by atoms with E-state index in [-0.39, 0.29) is 0 Å². The molecule has 0 aliphatic carbocycles. The molecule has 2 aromatic carbocycles. The van der Waals surface area contributed by atoms with Crippen LogP contribution in [-0.4, -0.2) is 91.1 Å². The number of carbonyl (C=O) groups excluding carboxylic acids is 1. The Morgan fingerprint density at radius 1 is 1.07 bits per heavy atom. The molecule has 2 saturated heterocycles. The molecule has 0 N–H and O–H groups in total. The van der Waals surface area contributed by atoms with E-state index in [2.05, 4.69) is 46.0 Å². The van der Waals surface area contributed by atoms with Crippen molar-refractivity contribution in [1.29, 1.82) is 0 Å². The van der Waals surface area contributed by atoms with Gasteiger partial charge in [-0.25, -0.2) is 8.78 Å². The number of likely N-dealkylation sites (tertiary alicyclic amines) is 1. The van der Waals surface area contributed by atoms with Crippen molar-refractivity contribution in [2.45, 2.75) is 38.3 Å². The van der Waals surface area contributed by atoms with Gasteiger partial charge >= 0.3 is 6.01 Å². The predicted octanol–water partition coefficient (Wildman–Crippen LogP) is 4.79. The predicted molar refractivity (Wildman–Crippen MR) is 161 cm³/mol. The number of hydrogen-bond donors (Lipinski definition) is 0. The highest BCUT2D eigenvalue weighted by Crippen LogP contribution is 2.37. The van der Waals surface area contributed by atoms with E-state index in [4.69, 9.17) is 26.3 Å². The molecule has 0 bridgehead atoms. The molecule has 2 fully saturated rings. The topological polar surface area (TPSA) is 65.0 Å². The maximum absolute atomic E-state index is 12.6. The van der Waals surface area contributed by atoms with E-state index in [0.717, 1.165) is 77.0 Å². The zero-order chi connectivity index (χ0) is 29.2. The fourth-order valence-electron chi connectivity index (χ4n) is 6.22. The molecule has 0 unspecified atom stereocenters. The van der Waals surface area contributed by atoms with Gasteiger partial charge in [0.1, 0.15) is 12.4 Å². The molecular formula is C31H35ClF2N6O2. The van der Waals surface area contributed by atoms with E-state index in [1.165, 1.54) is 0 Å². The second-order valence-corrected chi connectivity index (χ2v) is 11.5. The first-order valence-corrected chi connectivity index (χ1v) is 14.9. The summed E-state index contributed by atoms with van der Waals surface area (Å²) in [4.78, 5) is 30.6. The number of anilines is 2. The van der Waals surface area contributed by atoms with Gasteiger partial charge in [0.2, 0.25) is 5.91 Å². The maximum Gasteiger partial charge on any atom is 0.318 e. The molecule has 8 nitrogen and oxygen atoms in total. The van der Waals surface area contributed by atoms with Crippen LogP contribution < -0.4 is 14.5 Å². The van der Waals surface area contributed by atoms with Crippen LogP contribution in [0, 0.1) is 0 Å². The summed E-state index contributed by atoms with van der Waals surface area (Å²) in [7, 11) is 2.12. The third-order valence-electron chi connectivity index (χ3n) is 8.55. The highest BCUT2D eigenvalue weighted by molar-refractivity contribution is 6.36. The molecule has 3 aliphatic rings. The number of halogens is 3. The average Bonchev–Trinajstić information content (AvgIpc) is 3.42. The highest BCUT2D eigenvalue weighted by Gasteiger charge is 2.30. The van der Waals surface area contributed by atoms with E-state index in [0.29, 0.717) is 57.5 Å². The van der Waals surface area contributed by atoms with E-state index < -0.39 is 12.3 Å². The smallest absolute Gasteiger partial charge is 0.318 e. The summed E-state index contributed by atoms with van der Waals surface area (Å²) in [5.74, 6) is 0.439. The number of aromatic nitrogens is 2. The summed E-state index contributed by atoms with van der Waals surface area (Å²) >= 11 is 6.67. The van der Waals surface area contributed by atoms with Gasteiger partial charge in [-0.1, -0.05) is 35.9 Å². The number of alkyl halides is 2. The maximum atomic E-state index is 12.6. The van der Waals surface area contributed by atoms with Crippen LogP contribution in [0.3, 0.4) is 0 Å². The molecule has 6 rings (SSSR count). The number of likely N-dealkylation sites (N-methyl/N-ethyl adjacent to an activating group) is 1. The van der Waals surface area contributed by atoms with Crippen molar-refractivity contribution in [2.75, 3.05) is 62.7 Å².